The maximum Gasteiger partial charge on any atom is 0.267 e. The molecule has 23 heavy (non-hydrogen) atoms. The lowest BCUT2D eigenvalue weighted by Gasteiger charge is -2.22. The normalized spacial score (nSPS) is 17.8. The zero-order valence-electron chi connectivity index (χ0n) is 13.4. The van der Waals surface area contributed by atoms with Crippen LogP contribution < -0.4 is 5.32 Å². The van der Waals surface area contributed by atoms with Crippen LogP contribution in [0.15, 0.2) is 48.1 Å². The number of aromatic amines is 1. The molecular weight excluding hydrogens is 288 g/mol. The van der Waals surface area contributed by atoms with Gasteiger partial charge >= 0.3 is 0 Å². The number of phenols is 1. The maximum atomic E-state index is 12.3. The molecule has 1 aromatic heterocycles. The monoisotopic (exact) mass is 310 g/mol. The van der Waals surface area contributed by atoms with E-state index < -0.39 is 0 Å². The van der Waals surface area contributed by atoms with Crippen molar-refractivity contribution in [1.82, 2.24) is 10.3 Å². The second-order valence-electron chi connectivity index (χ2n) is 6.32. The fraction of sp³-hybridized carbons (Fsp3) is 0.316. The van der Waals surface area contributed by atoms with Gasteiger partial charge < -0.3 is 15.4 Å². The molecule has 4 nitrogen and oxygen atoms in total. The van der Waals surface area contributed by atoms with Gasteiger partial charge in [-0.2, -0.15) is 0 Å². The number of nitrogens with one attached hydrogen (secondary N) is 2. The van der Waals surface area contributed by atoms with E-state index in [1.165, 1.54) is 11.1 Å². The number of allylic oxidation sites excluding steroid dienone is 2. The van der Waals surface area contributed by atoms with Crippen molar-refractivity contribution >= 4 is 16.8 Å². The fourth-order valence-electron chi connectivity index (χ4n) is 3.03. The van der Waals surface area contributed by atoms with Crippen LogP contribution in [-0.4, -0.2) is 22.5 Å². The summed E-state index contributed by atoms with van der Waals surface area (Å²) in [4.78, 5) is 15.3. The number of fused-ring (bicyclic) bond motifs is 1. The Morgan fingerprint density at radius 2 is 2.26 bits per heavy atom. The number of amides is 1. The number of aromatic hydroxyl groups is 1. The van der Waals surface area contributed by atoms with Crippen molar-refractivity contribution in [3.63, 3.8) is 0 Å². The summed E-state index contributed by atoms with van der Waals surface area (Å²) in [6, 6.07) is 6.77. The minimum absolute atomic E-state index is 0.122. The van der Waals surface area contributed by atoms with Gasteiger partial charge in [-0.05, 0) is 56.4 Å². The van der Waals surface area contributed by atoms with E-state index in [9.17, 15) is 9.90 Å². The van der Waals surface area contributed by atoms with Crippen LogP contribution in [0.3, 0.4) is 0 Å². The van der Waals surface area contributed by atoms with Gasteiger partial charge in [0.25, 0.3) is 5.91 Å². The molecule has 3 rings (SSSR count). The van der Waals surface area contributed by atoms with Crippen molar-refractivity contribution in [2.24, 2.45) is 5.92 Å². The molecule has 0 unspecified atom stereocenters. The molecule has 4 heteroatoms. The minimum atomic E-state index is -0.122. The van der Waals surface area contributed by atoms with E-state index in [2.05, 4.69) is 29.9 Å². The second-order valence-corrected chi connectivity index (χ2v) is 6.32. The third kappa shape index (κ3) is 3.47. The highest BCUT2D eigenvalue weighted by Crippen LogP contribution is 2.27. The van der Waals surface area contributed by atoms with E-state index >= 15 is 0 Å². The lowest BCUT2D eigenvalue weighted by Crippen LogP contribution is -2.26. The Labute approximate surface area is 135 Å². The Bertz CT molecular complexity index is 786. The summed E-state index contributed by atoms with van der Waals surface area (Å²) in [5.74, 6) is 0.655. The van der Waals surface area contributed by atoms with E-state index in [-0.39, 0.29) is 11.7 Å². The summed E-state index contributed by atoms with van der Waals surface area (Å²) in [6.07, 6.45) is 5.37. The summed E-state index contributed by atoms with van der Waals surface area (Å²) in [5.41, 5.74) is 3.88. The van der Waals surface area contributed by atoms with E-state index in [0.717, 1.165) is 30.2 Å². The quantitative estimate of drug-likeness (QED) is 0.750. The summed E-state index contributed by atoms with van der Waals surface area (Å²) in [7, 11) is 0. The summed E-state index contributed by atoms with van der Waals surface area (Å²) < 4.78 is 0. The van der Waals surface area contributed by atoms with Crippen molar-refractivity contribution in [3.05, 3.63) is 53.8 Å². The zero-order valence-corrected chi connectivity index (χ0v) is 13.4. The Kier molecular flexibility index (Phi) is 4.24. The predicted molar refractivity (Wildman–Crippen MR) is 92.5 cm³/mol. The van der Waals surface area contributed by atoms with Crippen molar-refractivity contribution in [2.45, 2.75) is 26.2 Å². The number of carbonyl (C=O) groups is 1. The first-order chi connectivity index (χ1) is 11.0. The van der Waals surface area contributed by atoms with Gasteiger partial charge in [-0.3, -0.25) is 4.79 Å². The average Bonchev–Trinajstić information content (AvgIpc) is 2.96. The SMILES string of the molecule is C=C(C)[C@H]1CC=C(CNC(=O)c2cc3cc(O)ccc3[nH]2)CC1. The molecular formula is C19H22N2O2. The number of hydrogen-bond acceptors (Lipinski definition) is 2. The molecule has 0 spiro atoms. The third-order valence-electron chi connectivity index (χ3n) is 4.53. The van der Waals surface area contributed by atoms with Gasteiger partial charge in [-0.25, -0.2) is 0 Å². The molecule has 1 amide bonds. The number of hydrogen-bond donors (Lipinski definition) is 3. The lowest BCUT2D eigenvalue weighted by molar-refractivity contribution is 0.0952. The topological polar surface area (TPSA) is 65.1 Å². The van der Waals surface area contributed by atoms with Gasteiger partial charge in [0.1, 0.15) is 11.4 Å². The molecule has 0 fully saturated rings. The molecule has 3 N–H and O–H groups in total. The van der Waals surface area contributed by atoms with E-state index in [0.29, 0.717) is 18.2 Å². The second kappa shape index (κ2) is 6.32. The number of aromatic nitrogens is 1. The van der Waals surface area contributed by atoms with Crippen LogP contribution in [0.4, 0.5) is 0 Å². The number of phenolic OH excluding ortho intramolecular Hbond substituents is 1. The molecule has 2 aromatic rings. The van der Waals surface area contributed by atoms with Crippen LogP contribution in [-0.2, 0) is 0 Å². The fourth-order valence-corrected chi connectivity index (χ4v) is 3.03. The molecule has 0 bridgehead atoms. The average molecular weight is 310 g/mol. The summed E-state index contributed by atoms with van der Waals surface area (Å²) in [6.45, 7) is 6.69. The van der Waals surface area contributed by atoms with Crippen LogP contribution >= 0.6 is 0 Å². The highest BCUT2D eigenvalue weighted by Gasteiger charge is 2.16. The van der Waals surface area contributed by atoms with Crippen molar-refractivity contribution < 1.29 is 9.90 Å². The van der Waals surface area contributed by atoms with Crippen molar-refractivity contribution in [1.29, 1.82) is 0 Å². The molecule has 1 aliphatic carbocycles. The Morgan fingerprint density at radius 1 is 1.43 bits per heavy atom. The minimum Gasteiger partial charge on any atom is -0.508 e. The van der Waals surface area contributed by atoms with Gasteiger partial charge in [0.2, 0.25) is 0 Å². The van der Waals surface area contributed by atoms with Crippen LogP contribution in [0.1, 0.15) is 36.7 Å². The van der Waals surface area contributed by atoms with Crippen LogP contribution in [0, 0.1) is 5.92 Å². The maximum absolute atomic E-state index is 12.3. The Hall–Kier alpha value is -2.49. The van der Waals surface area contributed by atoms with Crippen LogP contribution in [0.25, 0.3) is 10.9 Å². The predicted octanol–water partition coefficient (Wildman–Crippen LogP) is 3.91. The number of carbonyl (C=O) groups excluding carboxylic acids is 1. The zero-order chi connectivity index (χ0) is 16.4. The van der Waals surface area contributed by atoms with E-state index in [1.54, 1.807) is 24.3 Å². The van der Waals surface area contributed by atoms with E-state index in [4.69, 9.17) is 0 Å². The standard InChI is InChI=1S/C19H22N2O2/c1-12(2)14-5-3-13(4-6-14)11-20-19(23)18-10-15-9-16(22)7-8-17(15)21-18/h3,7-10,14,21-22H,1,4-6,11H2,2H3,(H,20,23)/t14-/m0/s1. The Balaban J connectivity index is 1.62. The van der Waals surface area contributed by atoms with Crippen LogP contribution in [0.2, 0.25) is 0 Å². The van der Waals surface area contributed by atoms with Crippen LogP contribution in [0.5, 0.6) is 5.75 Å². The molecule has 1 heterocycles. The Morgan fingerprint density at radius 3 is 2.96 bits per heavy atom. The molecule has 1 aliphatic rings. The van der Waals surface area contributed by atoms with Gasteiger partial charge in [-0.15, -0.1) is 0 Å². The van der Waals surface area contributed by atoms with Crippen molar-refractivity contribution in [2.75, 3.05) is 6.54 Å². The molecule has 1 aromatic carbocycles. The molecule has 0 radical (unpaired) electrons. The number of benzene rings is 1. The van der Waals surface area contributed by atoms with E-state index in [1.807, 2.05) is 0 Å². The smallest absolute Gasteiger partial charge is 0.267 e. The van der Waals surface area contributed by atoms with Gasteiger partial charge in [0, 0.05) is 17.4 Å². The third-order valence-corrected chi connectivity index (χ3v) is 4.53. The number of H-pyrrole nitrogens is 1. The van der Waals surface area contributed by atoms with Gasteiger partial charge in [0.15, 0.2) is 0 Å². The molecule has 1 atom stereocenters. The summed E-state index contributed by atoms with van der Waals surface area (Å²) in [5, 5.41) is 13.3. The molecule has 0 saturated heterocycles. The first kappa shape index (κ1) is 15.4. The summed E-state index contributed by atoms with van der Waals surface area (Å²) >= 11 is 0. The molecule has 0 aliphatic heterocycles. The molecule has 120 valence electrons. The lowest BCUT2D eigenvalue weighted by atomic mass is 9.85. The van der Waals surface area contributed by atoms with Gasteiger partial charge in [-0.1, -0.05) is 23.8 Å². The highest BCUT2D eigenvalue weighted by atomic mass is 16.3. The first-order valence-corrected chi connectivity index (χ1v) is 7.96. The van der Waals surface area contributed by atoms with Gasteiger partial charge in [0.05, 0.1) is 0 Å². The number of rotatable bonds is 4. The molecule has 0 saturated carbocycles. The largest absolute Gasteiger partial charge is 0.508 e. The highest BCUT2D eigenvalue weighted by molar-refractivity contribution is 5.98. The van der Waals surface area contributed by atoms with Crippen molar-refractivity contribution in [3.8, 4) is 5.75 Å². The first-order valence-electron chi connectivity index (χ1n) is 7.96.